The number of rotatable bonds is 3. The summed E-state index contributed by atoms with van der Waals surface area (Å²) in [6, 6.07) is 0. The van der Waals surface area contributed by atoms with Gasteiger partial charge in [-0.15, -0.1) is 0 Å². The Balaban J connectivity index is 2.34. The number of imide groups is 1. The van der Waals surface area contributed by atoms with E-state index in [0.717, 1.165) is 25.7 Å². The summed E-state index contributed by atoms with van der Waals surface area (Å²) in [5.74, 6) is 0.183. The summed E-state index contributed by atoms with van der Waals surface area (Å²) >= 11 is 0. The highest BCUT2D eigenvalue weighted by Crippen LogP contribution is 2.49. The van der Waals surface area contributed by atoms with Crippen LogP contribution >= 0.6 is 0 Å². The summed E-state index contributed by atoms with van der Waals surface area (Å²) in [5, 5.41) is 0. The normalized spacial score (nSPS) is 26.4. The first-order valence-electron chi connectivity index (χ1n) is 6.95. The number of hydrogen-bond acceptors (Lipinski definition) is 3. The maximum atomic E-state index is 12.7. The molecule has 0 radical (unpaired) electrons. The lowest BCUT2D eigenvalue weighted by Crippen LogP contribution is -2.58. The largest absolute Gasteiger partial charge is 0.328 e. The van der Waals surface area contributed by atoms with Gasteiger partial charge in [0.25, 0.3) is 0 Å². The first-order chi connectivity index (χ1) is 8.37. The smallest absolute Gasteiger partial charge is 0.236 e. The minimum atomic E-state index is -0.541. The van der Waals surface area contributed by atoms with E-state index in [9.17, 15) is 9.59 Å². The number of carbonyl (C=O) groups is 2. The Hall–Kier alpha value is -0.900. The van der Waals surface area contributed by atoms with Crippen molar-refractivity contribution >= 4 is 11.8 Å². The number of amides is 2. The fourth-order valence-electron chi connectivity index (χ4n) is 3.34. The molecule has 2 N–H and O–H groups in total. The fraction of sp³-hybridized carbons (Fsp3) is 0.857. The van der Waals surface area contributed by atoms with Gasteiger partial charge in [-0.1, -0.05) is 26.7 Å². The van der Waals surface area contributed by atoms with E-state index < -0.39 is 5.54 Å². The molecule has 0 aromatic rings. The summed E-state index contributed by atoms with van der Waals surface area (Å²) < 4.78 is 0. The Kier molecular flexibility index (Phi) is 3.26. The summed E-state index contributed by atoms with van der Waals surface area (Å²) in [6.07, 6.45) is 4.26. The minimum absolute atomic E-state index is 0.0245. The summed E-state index contributed by atoms with van der Waals surface area (Å²) in [6.45, 7) is 6.31. The Bertz CT molecular complexity index is 372. The van der Waals surface area contributed by atoms with Crippen molar-refractivity contribution in [1.29, 1.82) is 0 Å². The van der Waals surface area contributed by atoms with Crippen LogP contribution in [0.1, 0.15) is 52.9 Å². The van der Waals surface area contributed by atoms with Gasteiger partial charge in [-0.2, -0.15) is 0 Å². The van der Waals surface area contributed by atoms with Crippen molar-refractivity contribution in [3.63, 3.8) is 0 Å². The molecule has 1 aliphatic heterocycles. The van der Waals surface area contributed by atoms with E-state index in [-0.39, 0.29) is 23.1 Å². The molecule has 1 unspecified atom stereocenters. The highest BCUT2D eigenvalue weighted by molar-refractivity contribution is 6.06. The quantitative estimate of drug-likeness (QED) is 0.777. The number of carbonyl (C=O) groups excluding carboxylic acids is 2. The summed E-state index contributed by atoms with van der Waals surface area (Å²) in [7, 11) is 0. The summed E-state index contributed by atoms with van der Waals surface area (Å²) in [4.78, 5) is 26.5. The predicted molar refractivity (Wildman–Crippen MR) is 69.7 cm³/mol. The zero-order valence-corrected chi connectivity index (χ0v) is 11.7. The van der Waals surface area contributed by atoms with Crippen molar-refractivity contribution in [3.05, 3.63) is 0 Å². The SMILES string of the molecule is CC(C)C(C)(CN)N1C(=O)CC2(CCCC2)C1=O. The first kappa shape index (κ1) is 13.5. The van der Waals surface area contributed by atoms with Gasteiger partial charge in [-0.05, 0) is 25.7 Å². The van der Waals surface area contributed by atoms with Crippen LogP contribution in [0.25, 0.3) is 0 Å². The number of nitrogens with zero attached hydrogens (tertiary/aromatic N) is 1. The topological polar surface area (TPSA) is 63.4 Å². The second-order valence-corrected chi connectivity index (χ2v) is 6.41. The second-order valence-electron chi connectivity index (χ2n) is 6.41. The van der Waals surface area contributed by atoms with Gasteiger partial charge < -0.3 is 5.73 Å². The van der Waals surface area contributed by atoms with Crippen LogP contribution in [-0.2, 0) is 9.59 Å². The Labute approximate surface area is 109 Å². The van der Waals surface area contributed by atoms with Gasteiger partial charge in [0, 0.05) is 13.0 Å². The summed E-state index contributed by atoms with van der Waals surface area (Å²) in [5.41, 5.74) is 4.93. The van der Waals surface area contributed by atoms with E-state index in [1.54, 1.807) is 0 Å². The van der Waals surface area contributed by atoms with Crippen LogP contribution in [0.15, 0.2) is 0 Å². The third-order valence-electron chi connectivity index (χ3n) is 5.12. The van der Waals surface area contributed by atoms with Crippen LogP contribution in [0.5, 0.6) is 0 Å². The molecule has 4 nitrogen and oxygen atoms in total. The molecule has 1 atom stereocenters. The van der Waals surface area contributed by atoms with Crippen molar-refractivity contribution in [2.24, 2.45) is 17.1 Å². The van der Waals surface area contributed by atoms with E-state index in [1.807, 2.05) is 20.8 Å². The second kappa shape index (κ2) is 4.34. The molecule has 4 heteroatoms. The molecular weight excluding hydrogens is 228 g/mol. The Morgan fingerprint density at radius 3 is 2.33 bits per heavy atom. The zero-order valence-electron chi connectivity index (χ0n) is 11.7. The Morgan fingerprint density at radius 1 is 1.33 bits per heavy atom. The molecule has 102 valence electrons. The van der Waals surface area contributed by atoms with Gasteiger partial charge in [0.1, 0.15) is 0 Å². The van der Waals surface area contributed by atoms with Gasteiger partial charge >= 0.3 is 0 Å². The van der Waals surface area contributed by atoms with Crippen molar-refractivity contribution in [1.82, 2.24) is 4.90 Å². The minimum Gasteiger partial charge on any atom is -0.328 e. The number of nitrogens with two attached hydrogens (primary N) is 1. The van der Waals surface area contributed by atoms with Crippen molar-refractivity contribution in [3.8, 4) is 0 Å². The average molecular weight is 252 g/mol. The third-order valence-corrected chi connectivity index (χ3v) is 5.12. The lowest BCUT2D eigenvalue weighted by molar-refractivity contribution is -0.149. The lowest BCUT2D eigenvalue weighted by atomic mass is 9.83. The van der Waals surface area contributed by atoms with Crippen molar-refractivity contribution < 1.29 is 9.59 Å². The zero-order chi connectivity index (χ0) is 13.6. The molecule has 1 saturated carbocycles. The lowest BCUT2D eigenvalue weighted by Gasteiger charge is -2.40. The van der Waals surface area contributed by atoms with Crippen LogP contribution < -0.4 is 5.73 Å². The van der Waals surface area contributed by atoms with Gasteiger partial charge in [0.05, 0.1) is 11.0 Å². The first-order valence-corrected chi connectivity index (χ1v) is 6.95. The molecule has 1 aliphatic carbocycles. The van der Waals surface area contributed by atoms with Gasteiger partial charge in [0.2, 0.25) is 11.8 Å². The van der Waals surface area contributed by atoms with Crippen LogP contribution in [-0.4, -0.2) is 28.8 Å². The van der Waals surface area contributed by atoms with Crippen LogP contribution in [0, 0.1) is 11.3 Å². The molecule has 0 aromatic heterocycles. The van der Waals surface area contributed by atoms with Gasteiger partial charge in [-0.3, -0.25) is 14.5 Å². The number of likely N-dealkylation sites (tertiary alicyclic amines) is 1. The molecule has 2 amide bonds. The third kappa shape index (κ3) is 1.69. The molecule has 1 heterocycles. The highest BCUT2D eigenvalue weighted by atomic mass is 16.2. The van der Waals surface area contributed by atoms with Crippen LogP contribution in [0.2, 0.25) is 0 Å². The fourth-order valence-corrected chi connectivity index (χ4v) is 3.34. The van der Waals surface area contributed by atoms with Gasteiger partial charge in [-0.25, -0.2) is 0 Å². The van der Waals surface area contributed by atoms with E-state index in [0.29, 0.717) is 13.0 Å². The molecule has 2 fully saturated rings. The molecule has 2 rings (SSSR count). The maximum absolute atomic E-state index is 12.7. The van der Waals surface area contributed by atoms with Gasteiger partial charge in [0.15, 0.2) is 0 Å². The highest BCUT2D eigenvalue weighted by Gasteiger charge is 2.57. The maximum Gasteiger partial charge on any atom is 0.236 e. The molecule has 2 aliphatic rings. The Morgan fingerprint density at radius 2 is 1.89 bits per heavy atom. The average Bonchev–Trinajstić information content (AvgIpc) is 2.86. The van der Waals surface area contributed by atoms with E-state index in [4.69, 9.17) is 5.73 Å². The molecule has 1 spiro atoms. The molecular formula is C14H24N2O2. The predicted octanol–water partition coefficient (Wildman–Crippen LogP) is 1.68. The van der Waals surface area contributed by atoms with E-state index >= 15 is 0 Å². The molecule has 18 heavy (non-hydrogen) atoms. The van der Waals surface area contributed by atoms with Crippen LogP contribution in [0.4, 0.5) is 0 Å². The van der Waals surface area contributed by atoms with E-state index in [1.165, 1.54) is 4.90 Å². The molecule has 0 bridgehead atoms. The van der Waals surface area contributed by atoms with Crippen LogP contribution in [0.3, 0.4) is 0 Å². The standard InChI is InChI=1S/C14H24N2O2/c1-10(2)13(3,9-15)16-11(17)8-14(12(16)18)6-4-5-7-14/h10H,4-9,15H2,1-3H3. The van der Waals surface area contributed by atoms with E-state index in [2.05, 4.69) is 0 Å². The molecule has 1 saturated heterocycles. The van der Waals surface area contributed by atoms with Crippen molar-refractivity contribution in [2.75, 3.05) is 6.54 Å². The monoisotopic (exact) mass is 252 g/mol. The number of hydrogen-bond donors (Lipinski definition) is 1. The van der Waals surface area contributed by atoms with Crippen molar-refractivity contribution in [2.45, 2.75) is 58.4 Å². The molecule has 0 aromatic carbocycles.